The largest absolute Gasteiger partial charge is 0.491 e. The molecule has 1 N–H and O–H groups in total. The number of halogens is 2. The maximum Gasteiger partial charge on any atom is 0.317 e. The molecule has 0 atom stereocenters. The summed E-state index contributed by atoms with van der Waals surface area (Å²) in [7, 11) is 0. The van der Waals surface area contributed by atoms with Crippen molar-refractivity contribution in [3.8, 4) is 5.75 Å². The Morgan fingerprint density at radius 1 is 1.42 bits per heavy atom. The average Bonchev–Trinajstić information content (AvgIpc) is 2.31. The number of hydrogen-bond acceptors (Lipinski definition) is 3. The van der Waals surface area contributed by atoms with E-state index >= 15 is 0 Å². The normalized spacial score (nSPS) is 11.1. The van der Waals surface area contributed by atoms with Crippen molar-refractivity contribution in [2.24, 2.45) is 0 Å². The number of carboxylic acids is 1. The Morgan fingerprint density at radius 2 is 2.11 bits per heavy atom. The molecule has 6 heteroatoms. The smallest absolute Gasteiger partial charge is 0.317 e. The van der Waals surface area contributed by atoms with Gasteiger partial charge < -0.3 is 9.84 Å². The van der Waals surface area contributed by atoms with Crippen LogP contribution in [0.25, 0.3) is 0 Å². The van der Waals surface area contributed by atoms with Gasteiger partial charge in [-0.3, -0.25) is 9.69 Å². The van der Waals surface area contributed by atoms with E-state index in [1.54, 1.807) is 23.1 Å². The molecule has 0 aliphatic heterocycles. The lowest BCUT2D eigenvalue weighted by Crippen LogP contribution is -2.38. The number of benzene rings is 1. The molecule has 19 heavy (non-hydrogen) atoms. The van der Waals surface area contributed by atoms with Gasteiger partial charge in [0.2, 0.25) is 0 Å². The molecule has 0 saturated carbocycles. The first kappa shape index (κ1) is 16.1. The van der Waals surface area contributed by atoms with E-state index in [2.05, 4.69) is 0 Å². The van der Waals surface area contributed by atoms with Crippen LogP contribution in [0.2, 0.25) is 10.0 Å². The molecular weight excluding hydrogens is 289 g/mol. The van der Waals surface area contributed by atoms with Crippen LogP contribution in [0.1, 0.15) is 13.8 Å². The third kappa shape index (κ3) is 5.68. The summed E-state index contributed by atoms with van der Waals surface area (Å²) in [5.41, 5.74) is 0. The van der Waals surface area contributed by atoms with Crippen LogP contribution in [0, 0.1) is 0 Å². The molecule has 0 heterocycles. The predicted molar refractivity (Wildman–Crippen MR) is 76.3 cm³/mol. The Morgan fingerprint density at radius 3 is 2.68 bits per heavy atom. The van der Waals surface area contributed by atoms with Gasteiger partial charge in [0.05, 0.1) is 11.6 Å². The minimum absolute atomic E-state index is 0.00962. The molecule has 106 valence electrons. The van der Waals surface area contributed by atoms with Crippen LogP contribution in [0.4, 0.5) is 0 Å². The van der Waals surface area contributed by atoms with Crippen molar-refractivity contribution in [2.75, 3.05) is 19.7 Å². The Kier molecular flexibility index (Phi) is 6.42. The lowest BCUT2D eigenvalue weighted by atomic mass is 10.3. The molecule has 0 radical (unpaired) electrons. The van der Waals surface area contributed by atoms with E-state index < -0.39 is 5.97 Å². The highest BCUT2D eigenvalue weighted by atomic mass is 35.5. The van der Waals surface area contributed by atoms with Gasteiger partial charge in [0, 0.05) is 23.7 Å². The van der Waals surface area contributed by atoms with Crippen molar-refractivity contribution >= 4 is 29.2 Å². The molecule has 1 rings (SSSR count). The van der Waals surface area contributed by atoms with Crippen LogP contribution in [-0.4, -0.2) is 41.7 Å². The molecule has 0 saturated heterocycles. The van der Waals surface area contributed by atoms with Gasteiger partial charge in [0.25, 0.3) is 0 Å². The Hall–Kier alpha value is -0.970. The molecule has 4 nitrogen and oxygen atoms in total. The first-order valence-electron chi connectivity index (χ1n) is 5.94. The quantitative estimate of drug-likeness (QED) is 0.840. The second-order valence-electron chi connectivity index (χ2n) is 4.38. The summed E-state index contributed by atoms with van der Waals surface area (Å²) in [4.78, 5) is 12.5. The molecule has 1 aromatic rings. The predicted octanol–water partition coefficient (Wildman–Crippen LogP) is 3.17. The third-order valence-electron chi connectivity index (χ3n) is 2.60. The molecule has 0 bridgehead atoms. The van der Waals surface area contributed by atoms with Gasteiger partial charge in [-0.05, 0) is 26.0 Å². The van der Waals surface area contributed by atoms with E-state index in [0.717, 1.165) is 0 Å². The fraction of sp³-hybridized carbons (Fsp3) is 0.462. The second kappa shape index (κ2) is 7.58. The Balaban J connectivity index is 2.51. The zero-order chi connectivity index (χ0) is 14.4. The first-order chi connectivity index (χ1) is 8.90. The minimum atomic E-state index is -0.852. The monoisotopic (exact) mass is 305 g/mol. The zero-order valence-corrected chi connectivity index (χ0v) is 12.4. The van der Waals surface area contributed by atoms with Crippen molar-refractivity contribution in [3.05, 3.63) is 28.2 Å². The Bertz CT molecular complexity index is 438. The van der Waals surface area contributed by atoms with Crippen LogP contribution >= 0.6 is 23.2 Å². The Labute approximate surface area is 122 Å². The van der Waals surface area contributed by atoms with Gasteiger partial charge in [0.1, 0.15) is 12.4 Å². The summed E-state index contributed by atoms with van der Waals surface area (Å²) < 4.78 is 5.53. The number of carbonyl (C=O) groups is 1. The standard InChI is InChI=1S/C13H17Cl2NO3/c1-9(2)16(8-13(17)18)5-6-19-12-7-10(14)3-4-11(12)15/h3-4,7,9H,5-6,8H2,1-2H3,(H,17,18). The molecule has 0 spiro atoms. The number of carboxylic acid groups (broad SMARTS) is 1. The summed E-state index contributed by atoms with van der Waals surface area (Å²) in [5, 5.41) is 9.84. The van der Waals surface area contributed by atoms with E-state index in [4.69, 9.17) is 33.0 Å². The molecular formula is C13H17Cl2NO3. The number of nitrogens with zero attached hydrogens (tertiary/aromatic N) is 1. The lowest BCUT2D eigenvalue weighted by Gasteiger charge is -2.24. The highest BCUT2D eigenvalue weighted by molar-refractivity contribution is 6.34. The molecule has 0 fully saturated rings. The number of hydrogen-bond donors (Lipinski definition) is 1. The number of aliphatic carboxylic acids is 1. The molecule has 0 aliphatic carbocycles. The fourth-order valence-electron chi connectivity index (χ4n) is 1.55. The number of rotatable bonds is 7. The second-order valence-corrected chi connectivity index (χ2v) is 5.22. The van der Waals surface area contributed by atoms with Gasteiger partial charge >= 0.3 is 5.97 Å². The van der Waals surface area contributed by atoms with Crippen LogP contribution in [0.5, 0.6) is 5.75 Å². The average molecular weight is 306 g/mol. The molecule has 0 amide bonds. The van der Waals surface area contributed by atoms with E-state index in [1.807, 2.05) is 13.8 Å². The van der Waals surface area contributed by atoms with Gasteiger partial charge in [-0.2, -0.15) is 0 Å². The van der Waals surface area contributed by atoms with E-state index in [1.165, 1.54) is 0 Å². The first-order valence-corrected chi connectivity index (χ1v) is 6.69. The number of ether oxygens (including phenoxy) is 1. The highest BCUT2D eigenvalue weighted by Crippen LogP contribution is 2.27. The maximum atomic E-state index is 10.7. The molecule has 0 aliphatic rings. The van der Waals surface area contributed by atoms with Crippen molar-refractivity contribution in [1.29, 1.82) is 0 Å². The fourth-order valence-corrected chi connectivity index (χ4v) is 1.89. The van der Waals surface area contributed by atoms with Crippen LogP contribution in [-0.2, 0) is 4.79 Å². The van der Waals surface area contributed by atoms with Gasteiger partial charge in [0.15, 0.2) is 0 Å². The van der Waals surface area contributed by atoms with E-state index in [0.29, 0.717) is 28.9 Å². The van der Waals surface area contributed by atoms with E-state index in [-0.39, 0.29) is 12.6 Å². The minimum Gasteiger partial charge on any atom is -0.491 e. The van der Waals surface area contributed by atoms with Gasteiger partial charge in [-0.25, -0.2) is 0 Å². The van der Waals surface area contributed by atoms with Crippen LogP contribution in [0.3, 0.4) is 0 Å². The molecule has 0 aromatic heterocycles. The lowest BCUT2D eigenvalue weighted by molar-refractivity contribution is -0.138. The topological polar surface area (TPSA) is 49.8 Å². The van der Waals surface area contributed by atoms with Gasteiger partial charge in [-0.15, -0.1) is 0 Å². The maximum absolute atomic E-state index is 10.7. The SMILES string of the molecule is CC(C)N(CCOc1cc(Cl)ccc1Cl)CC(=O)O. The summed E-state index contributed by atoms with van der Waals surface area (Å²) in [5.74, 6) is -0.345. The third-order valence-corrected chi connectivity index (χ3v) is 3.15. The summed E-state index contributed by atoms with van der Waals surface area (Å²) in [6.45, 7) is 4.73. The van der Waals surface area contributed by atoms with Crippen molar-refractivity contribution in [3.63, 3.8) is 0 Å². The van der Waals surface area contributed by atoms with Crippen molar-refractivity contribution < 1.29 is 14.6 Å². The van der Waals surface area contributed by atoms with Crippen LogP contribution in [0.15, 0.2) is 18.2 Å². The van der Waals surface area contributed by atoms with Crippen molar-refractivity contribution in [2.45, 2.75) is 19.9 Å². The summed E-state index contributed by atoms with van der Waals surface area (Å²) in [6, 6.07) is 5.12. The highest BCUT2D eigenvalue weighted by Gasteiger charge is 2.13. The van der Waals surface area contributed by atoms with Gasteiger partial charge in [-0.1, -0.05) is 23.2 Å². The summed E-state index contributed by atoms with van der Waals surface area (Å²) in [6.07, 6.45) is 0. The van der Waals surface area contributed by atoms with Crippen molar-refractivity contribution in [1.82, 2.24) is 4.90 Å². The van der Waals surface area contributed by atoms with E-state index in [9.17, 15) is 4.79 Å². The molecule has 0 unspecified atom stereocenters. The summed E-state index contributed by atoms with van der Waals surface area (Å²) >= 11 is 11.8. The zero-order valence-electron chi connectivity index (χ0n) is 10.9. The molecule has 1 aromatic carbocycles. The van der Waals surface area contributed by atoms with Crippen LogP contribution < -0.4 is 4.74 Å².